The van der Waals surface area contributed by atoms with Crippen molar-refractivity contribution in [3.05, 3.63) is 56.0 Å². The minimum atomic E-state index is -0.497. The van der Waals surface area contributed by atoms with Crippen LogP contribution in [-0.2, 0) is 0 Å². The Morgan fingerprint density at radius 2 is 2.00 bits per heavy atom. The van der Waals surface area contributed by atoms with Crippen LogP contribution in [0.15, 0.2) is 24.3 Å². The Kier molecular flexibility index (Phi) is 3.31. The summed E-state index contributed by atoms with van der Waals surface area (Å²) in [7, 11) is 0. The van der Waals surface area contributed by atoms with E-state index in [1.807, 2.05) is 13.8 Å². The molecule has 1 aromatic carbocycles. The second-order valence-corrected chi connectivity index (χ2v) is 5.53. The molecule has 0 atom stereocenters. The van der Waals surface area contributed by atoms with Gasteiger partial charge in [0.1, 0.15) is 5.82 Å². The lowest BCUT2D eigenvalue weighted by molar-refractivity contribution is 0.103. The Labute approximate surface area is 108 Å². The molecule has 17 heavy (non-hydrogen) atoms. The molecule has 0 radical (unpaired) electrons. The van der Waals surface area contributed by atoms with Crippen LogP contribution in [0.25, 0.3) is 0 Å². The minimum Gasteiger partial charge on any atom is -0.288 e. The third-order valence-corrected chi connectivity index (χ3v) is 4.00. The summed E-state index contributed by atoms with van der Waals surface area (Å²) >= 11 is 7.09. The first kappa shape index (κ1) is 12.3. The fourth-order valence-electron chi connectivity index (χ4n) is 1.52. The zero-order chi connectivity index (χ0) is 12.6. The quantitative estimate of drug-likeness (QED) is 0.739. The molecular formula is C13H10ClFOS. The van der Waals surface area contributed by atoms with Crippen molar-refractivity contribution in [3.8, 4) is 0 Å². The third kappa shape index (κ3) is 2.40. The van der Waals surface area contributed by atoms with Gasteiger partial charge < -0.3 is 0 Å². The normalized spacial score (nSPS) is 10.6. The second kappa shape index (κ2) is 4.59. The van der Waals surface area contributed by atoms with Gasteiger partial charge >= 0.3 is 0 Å². The highest BCUT2D eigenvalue weighted by atomic mass is 35.5. The molecule has 1 nitrogen and oxygen atoms in total. The number of hydrogen-bond donors (Lipinski definition) is 0. The van der Waals surface area contributed by atoms with Crippen molar-refractivity contribution in [1.29, 1.82) is 0 Å². The minimum absolute atomic E-state index is 0.0999. The number of halogens is 2. The van der Waals surface area contributed by atoms with Gasteiger partial charge in [-0.2, -0.15) is 0 Å². The highest BCUT2D eigenvalue weighted by Crippen LogP contribution is 2.29. The number of carbonyl (C=O) groups is 1. The van der Waals surface area contributed by atoms with Crippen molar-refractivity contribution in [1.82, 2.24) is 0 Å². The SMILES string of the molecule is Cc1ccc(F)c(C(=O)c2cc(C)c(Cl)s2)c1. The highest BCUT2D eigenvalue weighted by molar-refractivity contribution is 7.18. The Hall–Kier alpha value is -1.19. The van der Waals surface area contributed by atoms with E-state index in [1.165, 1.54) is 17.4 Å². The molecule has 0 amide bonds. The van der Waals surface area contributed by atoms with Crippen molar-refractivity contribution in [2.24, 2.45) is 0 Å². The summed E-state index contributed by atoms with van der Waals surface area (Å²) in [4.78, 5) is 12.6. The predicted octanol–water partition coefficient (Wildman–Crippen LogP) is 4.39. The number of aryl methyl sites for hydroxylation is 2. The molecular weight excluding hydrogens is 259 g/mol. The molecule has 1 heterocycles. The maximum Gasteiger partial charge on any atom is 0.205 e. The molecule has 4 heteroatoms. The summed E-state index contributed by atoms with van der Waals surface area (Å²) in [6.07, 6.45) is 0. The molecule has 0 aliphatic heterocycles. The lowest BCUT2D eigenvalue weighted by Gasteiger charge is -2.01. The van der Waals surface area contributed by atoms with Crippen LogP contribution in [0.2, 0.25) is 4.34 Å². The monoisotopic (exact) mass is 268 g/mol. The zero-order valence-corrected chi connectivity index (χ0v) is 11.0. The van der Waals surface area contributed by atoms with Gasteiger partial charge in [0.2, 0.25) is 5.78 Å². The summed E-state index contributed by atoms with van der Waals surface area (Å²) in [6, 6.07) is 6.20. The molecule has 2 aromatic rings. The maximum atomic E-state index is 13.6. The van der Waals surface area contributed by atoms with Gasteiger partial charge in [-0.25, -0.2) is 4.39 Å². The van der Waals surface area contributed by atoms with Gasteiger partial charge in [-0.15, -0.1) is 11.3 Å². The lowest BCUT2D eigenvalue weighted by Crippen LogP contribution is -2.02. The average molecular weight is 269 g/mol. The van der Waals surface area contributed by atoms with E-state index in [9.17, 15) is 9.18 Å². The lowest BCUT2D eigenvalue weighted by atomic mass is 10.1. The zero-order valence-electron chi connectivity index (χ0n) is 9.38. The van der Waals surface area contributed by atoms with Crippen molar-refractivity contribution >= 4 is 28.7 Å². The first-order valence-electron chi connectivity index (χ1n) is 5.06. The molecule has 0 aliphatic carbocycles. The Balaban J connectivity index is 2.47. The number of rotatable bonds is 2. The fraction of sp³-hybridized carbons (Fsp3) is 0.154. The molecule has 0 N–H and O–H groups in total. The van der Waals surface area contributed by atoms with E-state index in [1.54, 1.807) is 18.2 Å². The molecule has 0 saturated carbocycles. The molecule has 88 valence electrons. The van der Waals surface area contributed by atoms with E-state index in [0.717, 1.165) is 11.1 Å². The van der Waals surface area contributed by atoms with Crippen LogP contribution in [0, 0.1) is 19.7 Å². The Morgan fingerprint density at radius 3 is 2.59 bits per heavy atom. The Morgan fingerprint density at radius 1 is 1.29 bits per heavy atom. The molecule has 2 rings (SSSR count). The predicted molar refractivity (Wildman–Crippen MR) is 68.6 cm³/mol. The summed E-state index contributed by atoms with van der Waals surface area (Å²) in [5.74, 6) is -0.811. The van der Waals surface area contributed by atoms with E-state index in [4.69, 9.17) is 11.6 Å². The topological polar surface area (TPSA) is 17.1 Å². The van der Waals surface area contributed by atoms with Crippen LogP contribution < -0.4 is 0 Å². The third-order valence-electron chi connectivity index (χ3n) is 2.45. The van der Waals surface area contributed by atoms with Gasteiger partial charge in [0, 0.05) is 0 Å². The van der Waals surface area contributed by atoms with Crippen molar-refractivity contribution in [2.75, 3.05) is 0 Å². The van der Waals surface area contributed by atoms with Gasteiger partial charge in [0.05, 0.1) is 14.8 Å². The van der Waals surface area contributed by atoms with Crippen LogP contribution in [0.3, 0.4) is 0 Å². The number of thiophene rings is 1. The fourth-order valence-corrected chi connectivity index (χ4v) is 2.67. The number of ketones is 1. The molecule has 0 unspecified atom stereocenters. The van der Waals surface area contributed by atoms with Crippen LogP contribution in [0.5, 0.6) is 0 Å². The summed E-state index contributed by atoms with van der Waals surface area (Å²) < 4.78 is 14.1. The summed E-state index contributed by atoms with van der Waals surface area (Å²) in [5, 5.41) is 0. The standard InChI is InChI=1S/C13H10ClFOS/c1-7-3-4-10(15)9(5-7)12(16)11-6-8(2)13(14)17-11/h3-6H,1-2H3. The van der Waals surface area contributed by atoms with Crippen LogP contribution in [-0.4, -0.2) is 5.78 Å². The van der Waals surface area contributed by atoms with Crippen molar-refractivity contribution < 1.29 is 9.18 Å². The maximum absolute atomic E-state index is 13.6. The van der Waals surface area contributed by atoms with Crippen LogP contribution in [0.4, 0.5) is 4.39 Å². The smallest absolute Gasteiger partial charge is 0.205 e. The van der Waals surface area contributed by atoms with E-state index in [-0.39, 0.29) is 11.3 Å². The van der Waals surface area contributed by atoms with E-state index >= 15 is 0 Å². The first-order chi connectivity index (χ1) is 7.99. The highest BCUT2D eigenvalue weighted by Gasteiger charge is 2.17. The van der Waals surface area contributed by atoms with Crippen molar-refractivity contribution in [3.63, 3.8) is 0 Å². The molecule has 0 fully saturated rings. The molecule has 0 aliphatic rings. The van der Waals surface area contributed by atoms with Crippen LogP contribution >= 0.6 is 22.9 Å². The Bertz CT molecular complexity index is 570. The number of carbonyl (C=O) groups excluding carboxylic acids is 1. The molecule has 0 spiro atoms. The average Bonchev–Trinajstić information content (AvgIpc) is 2.62. The number of hydrogen-bond acceptors (Lipinski definition) is 2. The molecule has 0 bridgehead atoms. The summed E-state index contributed by atoms with van der Waals surface area (Å²) in [5.41, 5.74) is 1.80. The van der Waals surface area contributed by atoms with E-state index < -0.39 is 5.82 Å². The first-order valence-corrected chi connectivity index (χ1v) is 6.25. The second-order valence-electron chi connectivity index (χ2n) is 3.88. The summed E-state index contributed by atoms with van der Waals surface area (Å²) in [6.45, 7) is 3.64. The van der Waals surface area contributed by atoms with Gasteiger partial charge in [-0.3, -0.25) is 4.79 Å². The van der Waals surface area contributed by atoms with E-state index in [0.29, 0.717) is 9.21 Å². The van der Waals surface area contributed by atoms with E-state index in [2.05, 4.69) is 0 Å². The number of benzene rings is 1. The van der Waals surface area contributed by atoms with Crippen molar-refractivity contribution in [2.45, 2.75) is 13.8 Å². The van der Waals surface area contributed by atoms with Gasteiger partial charge in [-0.05, 0) is 37.6 Å². The molecule has 0 saturated heterocycles. The van der Waals surface area contributed by atoms with Gasteiger partial charge in [0.25, 0.3) is 0 Å². The van der Waals surface area contributed by atoms with Crippen LogP contribution in [0.1, 0.15) is 26.4 Å². The molecule has 1 aromatic heterocycles. The largest absolute Gasteiger partial charge is 0.288 e. The van der Waals surface area contributed by atoms with Gasteiger partial charge in [0.15, 0.2) is 0 Å². The van der Waals surface area contributed by atoms with Gasteiger partial charge in [-0.1, -0.05) is 23.2 Å².